The van der Waals surface area contributed by atoms with Crippen LogP contribution in [0, 0.1) is 0 Å². The highest BCUT2D eigenvalue weighted by molar-refractivity contribution is 6.32. The Morgan fingerprint density at radius 1 is 0.595 bits per heavy atom. The second kappa shape index (κ2) is 10.0. The number of rotatable bonds is 6. The van der Waals surface area contributed by atoms with Gasteiger partial charge in [-0.05, 0) is 59.7 Å². The van der Waals surface area contributed by atoms with Gasteiger partial charge in [0.2, 0.25) is 0 Å². The average Bonchev–Trinajstić information content (AvgIpc) is 3.57. The first-order chi connectivity index (χ1) is 20.3. The van der Waals surface area contributed by atoms with E-state index >= 15 is 0 Å². The molecule has 0 spiro atoms. The van der Waals surface area contributed by atoms with Crippen molar-refractivity contribution in [3.63, 3.8) is 0 Å². The number of fused-ring (bicyclic) bond motifs is 2. The van der Waals surface area contributed by atoms with E-state index in [1.165, 1.54) is 0 Å². The summed E-state index contributed by atoms with van der Waals surface area (Å²) < 4.78 is 0. The molecule has 10 N–H and O–H groups in total. The number of aromatic amines is 2. The molecule has 0 amide bonds. The molecule has 0 unspecified atom stereocenters. The van der Waals surface area contributed by atoms with Gasteiger partial charge in [-0.1, -0.05) is 59.6 Å². The first kappa shape index (κ1) is 26.3. The quantitative estimate of drug-likeness (QED) is 0.129. The minimum Gasteiger partial charge on any atom is -0.342 e. The van der Waals surface area contributed by atoms with Crippen LogP contribution in [0.3, 0.4) is 0 Å². The zero-order chi connectivity index (χ0) is 29.1. The number of halogens is 2. The summed E-state index contributed by atoms with van der Waals surface area (Å²) in [7, 11) is 0. The van der Waals surface area contributed by atoms with Gasteiger partial charge >= 0.3 is 0 Å². The molecule has 1 saturated carbocycles. The van der Waals surface area contributed by atoms with Crippen LogP contribution in [-0.4, -0.2) is 31.6 Å². The average molecular weight is 596 g/mol. The van der Waals surface area contributed by atoms with Crippen molar-refractivity contribution >= 4 is 56.9 Å². The number of amidine groups is 2. The topological polar surface area (TPSA) is 161 Å². The first-order valence-corrected chi connectivity index (χ1v) is 14.3. The van der Waals surface area contributed by atoms with E-state index in [1.54, 1.807) is 0 Å². The van der Waals surface area contributed by atoms with Gasteiger partial charge in [0.15, 0.2) is 0 Å². The zero-order valence-electron chi connectivity index (χ0n) is 22.4. The lowest BCUT2D eigenvalue weighted by Crippen LogP contribution is -2.46. The van der Waals surface area contributed by atoms with Gasteiger partial charge in [0.05, 0.1) is 33.2 Å². The van der Waals surface area contributed by atoms with Crippen LogP contribution in [-0.2, 0) is 0 Å². The smallest absolute Gasteiger partial charge is 0.270 e. The van der Waals surface area contributed by atoms with E-state index < -0.39 is 0 Å². The summed E-state index contributed by atoms with van der Waals surface area (Å²) in [5.74, 6) is 1.82. The van der Waals surface area contributed by atoms with E-state index in [0.29, 0.717) is 10.0 Å². The Morgan fingerprint density at radius 3 is 1.38 bits per heavy atom. The molecule has 0 atom stereocenters. The molecule has 10 heteroatoms. The molecule has 8 nitrogen and oxygen atoms in total. The Balaban J connectivity index is 1.44. The molecule has 2 heterocycles. The SMILES string of the molecule is NC(=[NH2+])c1ccc2nc(C3C(c4ccccc4Cl)C(c4nc5ccc(C(N)=[NH2+])cc5[nH]4)C3c3ccccc3Cl)[nH]c2c1. The molecule has 6 aromatic rings. The minimum absolute atomic E-state index is 0.0719. The summed E-state index contributed by atoms with van der Waals surface area (Å²) >= 11 is 13.8. The zero-order valence-corrected chi connectivity index (χ0v) is 23.9. The largest absolute Gasteiger partial charge is 0.342 e. The second-order valence-electron chi connectivity index (χ2n) is 10.8. The van der Waals surface area contributed by atoms with Gasteiger partial charge in [-0.15, -0.1) is 0 Å². The minimum atomic E-state index is -0.0957. The maximum atomic E-state index is 6.88. The molecular weight excluding hydrogens is 567 g/mol. The Morgan fingerprint density at radius 2 is 1.00 bits per heavy atom. The molecule has 42 heavy (non-hydrogen) atoms. The standard InChI is InChI=1S/C32H26Cl2N8/c33-19-7-3-1-5-17(19)25-27(31-39-21-11-9-15(29(35)36)13-23(21)41-31)26(18-6-2-4-8-20(18)34)28(25)32-40-22-12-10-16(30(37)38)14-24(22)42-32/h1-14,25-28H,(H3,35,36)(H3,37,38)(H,39,41)(H,40,42)/p+2. The van der Waals surface area contributed by atoms with Crippen molar-refractivity contribution in [2.24, 2.45) is 11.5 Å². The molecule has 0 saturated heterocycles. The highest BCUT2D eigenvalue weighted by Gasteiger charge is 2.56. The van der Waals surface area contributed by atoms with Crippen molar-refractivity contribution in [3.8, 4) is 0 Å². The van der Waals surface area contributed by atoms with Gasteiger partial charge in [-0.2, -0.15) is 0 Å². The van der Waals surface area contributed by atoms with Crippen LogP contribution >= 0.6 is 23.2 Å². The van der Waals surface area contributed by atoms with E-state index in [2.05, 4.69) is 22.1 Å². The number of nitrogens with zero attached hydrogens (tertiary/aromatic N) is 2. The molecule has 1 aliphatic carbocycles. The third-order valence-corrected chi connectivity index (χ3v) is 9.06. The van der Waals surface area contributed by atoms with Gasteiger partial charge in [0.25, 0.3) is 11.7 Å². The van der Waals surface area contributed by atoms with Crippen molar-refractivity contribution in [1.29, 1.82) is 0 Å². The van der Waals surface area contributed by atoms with Crippen LogP contribution in [0.1, 0.15) is 57.6 Å². The normalized spacial score (nSPS) is 20.0. The number of nitrogens with two attached hydrogens (primary N) is 4. The van der Waals surface area contributed by atoms with E-state index in [-0.39, 0.29) is 35.3 Å². The van der Waals surface area contributed by atoms with E-state index in [0.717, 1.165) is 56.0 Å². The number of benzene rings is 4. The van der Waals surface area contributed by atoms with Gasteiger partial charge in [-0.3, -0.25) is 22.3 Å². The number of aromatic nitrogens is 4. The Bertz CT molecular complexity index is 1870. The molecule has 0 bridgehead atoms. The van der Waals surface area contributed by atoms with Crippen molar-refractivity contribution < 1.29 is 10.8 Å². The van der Waals surface area contributed by atoms with Crippen LogP contribution in [0.25, 0.3) is 22.1 Å². The fourth-order valence-corrected chi connectivity index (χ4v) is 6.95. The number of hydrogen-bond acceptors (Lipinski definition) is 2. The van der Waals surface area contributed by atoms with Crippen LogP contribution < -0.4 is 22.3 Å². The van der Waals surface area contributed by atoms with Crippen LogP contribution in [0.5, 0.6) is 0 Å². The first-order valence-electron chi connectivity index (χ1n) is 13.5. The summed E-state index contributed by atoms with van der Waals surface area (Å²) in [4.78, 5) is 17.2. The third-order valence-electron chi connectivity index (χ3n) is 8.37. The van der Waals surface area contributed by atoms with E-state index in [4.69, 9.17) is 55.5 Å². The van der Waals surface area contributed by atoms with Crippen LogP contribution in [0.2, 0.25) is 10.0 Å². The maximum absolute atomic E-state index is 6.88. The summed E-state index contributed by atoms with van der Waals surface area (Å²) in [6, 6.07) is 27.3. The predicted octanol–water partition coefficient (Wildman–Crippen LogP) is 3.12. The summed E-state index contributed by atoms with van der Waals surface area (Å²) in [5.41, 5.74) is 18.6. The highest BCUT2D eigenvalue weighted by atomic mass is 35.5. The molecule has 2 aromatic heterocycles. The molecule has 0 radical (unpaired) electrons. The lowest BCUT2D eigenvalue weighted by atomic mass is 9.52. The fourth-order valence-electron chi connectivity index (χ4n) is 6.43. The summed E-state index contributed by atoms with van der Waals surface area (Å²) in [5, 5.41) is 13.1. The van der Waals surface area contributed by atoms with Crippen molar-refractivity contribution in [2.75, 3.05) is 0 Å². The van der Waals surface area contributed by atoms with E-state index in [9.17, 15) is 0 Å². The second-order valence-corrected chi connectivity index (χ2v) is 11.6. The van der Waals surface area contributed by atoms with Gasteiger partial charge in [0.1, 0.15) is 11.6 Å². The molecule has 7 rings (SSSR count). The van der Waals surface area contributed by atoms with Gasteiger partial charge < -0.3 is 9.97 Å². The molecule has 4 aromatic carbocycles. The number of nitrogens with one attached hydrogen (secondary N) is 2. The van der Waals surface area contributed by atoms with Crippen molar-refractivity contribution in [2.45, 2.75) is 23.7 Å². The van der Waals surface area contributed by atoms with Crippen molar-refractivity contribution in [1.82, 2.24) is 19.9 Å². The molecule has 1 aliphatic rings. The monoisotopic (exact) mass is 594 g/mol. The number of H-pyrrole nitrogens is 2. The molecule has 1 fully saturated rings. The van der Waals surface area contributed by atoms with Crippen molar-refractivity contribution in [3.05, 3.63) is 129 Å². The number of hydrogen-bond donors (Lipinski definition) is 6. The lowest BCUT2D eigenvalue weighted by molar-refractivity contribution is -0.115. The van der Waals surface area contributed by atoms with Gasteiger partial charge in [-0.25, -0.2) is 9.97 Å². The Hall–Kier alpha value is -4.66. The summed E-state index contributed by atoms with van der Waals surface area (Å²) in [6.45, 7) is 0. The van der Waals surface area contributed by atoms with E-state index in [1.807, 2.05) is 72.8 Å². The fraction of sp³-hybridized carbons (Fsp3) is 0.125. The third kappa shape index (κ3) is 4.22. The Labute approximate surface area is 251 Å². The Kier molecular flexibility index (Phi) is 6.26. The molecule has 0 aliphatic heterocycles. The van der Waals surface area contributed by atoms with Crippen LogP contribution in [0.15, 0.2) is 84.9 Å². The van der Waals surface area contributed by atoms with Gasteiger partial charge in [0, 0.05) is 33.7 Å². The summed E-state index contributed by atoms with van der Waals surface area (Å²) in [6.07, 6.45) is 0. The highest BCUT2D eigenvalue weighted by Crippen LogP contribution is 2.67. The molecule has 208 valence electrons. The maximum Gasteiger partial charge on any atom is 0.270 e. The number of imidazole rings is 2. The lowest BCUT2D eigenvalue weighted by Gasteiger charge is -2.51. The molecular formula is C32H28Cl2N8+2. The van der Waals surface area contributed by atoms with Crippen LogP contribution in [0.4, 0.5) is 0 Å². The predicted molar refractivity (Wildman–Crippen MR) is 166 cm³/mol.